The number of halogens is 1. The lowest BCUT2D eigenvalue weighted by atomic mass is 10.2. The number of hydrogen-bond acceptors (Lipinski definition) is 7. The third-order valence-corrected chi connectivity index (χ3v) is 5.01. The van der Waals surface area contributed by atoms with Gasteiger partial charge in [0.2, 0.25) is 21.7 Å². The van der Waals surface area contributed by atoms with Gasteiger partial charge >= 0.3 is 0 Å². The van der Waals surface area contributed by atoms with Crippen molar-refractivity contribution < 1.29 is 17.9 Å². The fourth-order valence-electron chi connectivity index (χ4n) is 2.03. The lowest BCUT2D eigenvalue weighted by Crippen LogP contribution is -2.23. The number of non-ortho nitro benzene ring substituents is 1. The zero-order valence-corrected chi connectivity index (χ0v) is 14.6. The van der Waals surface area contributed by atoms with E-state index in [2.05, 4.69) is 14.9 Å². The molecule has 26 heavy (non-hydrogen) atoms. The third-order valence-electron chi connectivity index (χ3n) is 3.34. The molecule has 3 aromatic rings. The van der Waals surface area contributed by atoms with Gasteiger partial charge in [-0.3, -0.25) is 10.1 Å². The molecule has 0 unspecified atom stereocenters. The topological polar surface area (TPSA) is 128 Å². The molecule has 134 valence electrons. The first-order valence-corrected chi connectivity index (χ1v) is 9.04. The third kappa shape index (κ3) is 4.04. The highest BCUT2D eigenvalue weighted by Gasteiger charge is 2.17. The molecule has 9 nitrogen and oxygen atoms in total. The van der Waals surface area contributed by atoms with Gasteiger partial charge in [0.25, 0.3) is 5.69 Å². The molecule has 1 heterocycles. The van der Waals surface area contributed by atoms with Gasteiger partial charge in [0.1, 0.15) is 0 Å². The van der Waals surface area contributed by atoms with E-state index < -0.39 is 14.9 Å². The molecule has 0 atom stereocenters. The van der Waals surface area contributed by atoms with Crippen molar-refractivity contribution >= 4 is 27.3 Å². The van der Waals surface area contributed by atoms with Gasteiger partial charge in [-0.05, 0) is 36.4 Å². The van der Waals surface area contributed by atoms with E-state index in [1.165, 1.54) is 0 Å². The Hall–Kier alpha value is -2.82. The monoisotopic (exact) mass is 394 g/mol. The van der Waals surface area contributed by atoms with E-state index in [9.17, 15) is 18.5 Å². The van der Waals surface area contributed by atoms with Crippen molar-refractivity contribution in [3.63, 3.8) is 0 Å². The lowest BCUT2D eigenvalue weighted by molar-refractivity contribution is -0.384. The quantitative estimate of drug-likeness (QED) is 0.502. The summed E-state index contributed by atoms with van der Waals surface area (Å²) < 4.78 is 31.8. The molecule has 1 aromatic heterocycles. The van der Waals surface area contributed by atoms with Gasteiger partial charge in [0, 0.05) is 22.7 Å². The minimum Gasteiger partial charge on any atom is -0.338 e. The highest BCUT2D eigenvalue weighted by atomic mass is 35.5. The van der Waals surface area contributed by atoms with Crippen LogP contribution < -0.4 is 4.72 Å². The Kier molecular flexibility index (Phi) is 4.98. The molecule has 0 fully saturated rings. The Morgan fingerprint density at radius 2 is 1.77 bits per heavy atom. The summed E-state index contributed by atoms with van der Waals surface area (Å²) in [4.78, 5) is 14.0. The first kappa shape index (κ1) is 18.0. The van der Waals surface area contributed by atoms with Crippen LogP contribution in [0.25, 0.3) is 11.4 Å². The first-order valence-electron chi connectivity index (χ1n) is 7.18. The molecule has 0 bridgehead atoms. The minimum atomic E-state index is -3.88. The summed E-state index contributed by atoms with van der Waals surface area (Å²) in [6, 6.07) is 11.3. The van der Waals surface area contributed by atoms with Crippen molar-refractivity contribution in [1.29, 1.82) is 0 Å². The molecule has 0 radical (unpaired) electrons. The molecule has 3 rings (SSSR count). The summed E-state index contributed by atoms with van der Waals surface area (Å²) in [6.45, 7) is -0.222. The molecule has 1 N–H and O–H groups in total. The number of hydrogen-bond donors (Lipinski definition) is 1. The number of benzene rings is 2. The average Bonchev–Trinajstić information content (AvgIpc) is 3.10. The van der Waals surface area contributed by atoms with Crippen LogP contribution in [-0.4, -0.2) is 23.5 Å². The van der Waals surface area contributed by atoms with E-state index in [4.69, 9.17) is 16.1 Å². The molecular weight excluding hydrogens is 384 g/mol. The summed E-state index contributed by atoms with van der Waals surface area (Å²) >= 11 is 5.81. The first-order chi connectivity index (χ1) is 12.3. The summed E-state index contributed by atoms with van der Waals surface area (Å²) in [7, 11) is -3.88. The van der Waals surface area contributed by atoms with Gasteiger partial charge in [0.15, 0.2) is 0 Å². The number of aromatic nitrogens is 2. The molecule has 2 aromatic carbocycles. The normalized spacial score (nSPS) is 11.4. The van der Waals surface area contributed by atoms with Crippen LogP contribution in [-0.2, 0) is 16.6 Å². The maximum atomic E-state index is 12.2. The van der Waals surface area contributed by atoms with Crippen molar-refractivity contribution in [3.05, 3.63) is 69.6 Å². The maximum Gasteiger partial charge on any atom is 0.269 e. The van der Waals surface area contributed by atoms with Crippen molar-refractivity contribution in [2.75, 3.05) is 0 Å². The smallest absolute Gasteiger partial charge is 0.269 e. The van der Waals surface area contributed by atoms with Crippen LogP contribution in [0.5, 0.6) is 0 Å². The zero-order valence-electron chi connectivity index (χ0n) is 13.0. The van der Waals surface area contributed by atoms with E-state index in [0.29, 0.717) is 16.4 Å². The number of sulfonamides is 1. The van der Waals surface area contributed by atoms with Crippen LogP contribution in [0, 0.1) is 10.1 Å². The minimum absolute atomic E-state index is 0.0698. The highest BCUT2D eigenvalue weighted by molar-refractivity contribution is 7.89. The SMILES string of the molecule is O=[N+]([O-])c1ccc(S(=O)(=O)NCc2nc(-c3ccc(Cl)cc3)no2)cc1. The van der Waals surface area contributed by atoms with Gasteiger partial charge in [-0.25, -0.2) is 13.1 Å². The molecule has 0 aliphatic carbocycles. The molecule has 11 heteroatoms. The molecule has 0 aliphatic heterocycles. The lowest BCUT2D eigenvalue weighted by Gasteiger charge is -2.04. The number of nitro groups is 1. The molecular formula is C15H11ClN4O5S. The molecule has 0 spiro atoms. The molecule has 0 aliphatic rings. The second-order valence-corrected chi connectivity index (χ2v) is 7.30. The Labute approximate surface area is 152 Å². The Morgan fingerprint density at radius 1 is 1.12 bits per heavy atom. The fraction of sp³-hybridized carbons (Fsp3) is 0.0667. The van der Waals surface area contributed by atoms with Crippen LogP contribution in [0.1, 0.15) is 5.89 Å². The number of nitrogens with one attached hydrogen (secondary N) is 1. The number of nitro benzene ring substituents is 1. The van der Waals surface area contributed by atoms with E-state index in [-0.39, 0.29) is 23.0 Å². The second-order valence-electron chi connectivity index (χ2n) is 5.09. The van der Waals surface area contributed by atoms with Gasteiger partial charge in [-0.1, -0.05) is 16.8 Å². The largest absolute Gasteiger partial charge is 0.338 e. The van der Waals surface area contributed by atoms with E-state index in [1.54, 1.807) is 24.3 Å². The molecule has 0 amide bonds. The maximum absolute atomic E-state index is 12.2. The summed E-state index contributed by atoms with van der Waals surface area (Å²) in [5.74, 6) is 0.367. The predicted molar refractivity (Wildman–Crippen MR) is 91.9 cm³/mol. The van der Waals surface area contributed by atoms with Gasteiger partial charge < -0.3 is 4.52 Å². The van der Waals surface area contributed by atoms with E-state index >= 15 is 0 Å². The van der Waals surface area contributed by atoms with Gasteiger partial charge in [-0.2, -0.15) is 4.98 Å². The summed E-state index contributed by atoms with van der Waals surface area (Å²) in [5, 5.41) is 15.0. The van der Waals surface area contributed by atoms with Crippen LogP contribution in [0.3, 0.4) is 0 Å². The van der Waals surface area contributed by atoms with Crippen molar-refractivity contribution in [2.45, 2.75) is 11.4 Å². The van der Waals surface area contributed by atoms with Crippen LogP contribution in [0.15, 0.2) is 57.9 Å². The second kappa shape index (κ2) is 7.20. The number of rotatable bonds is 6. The fourth-order valence-corrected chi connectivity index (χ4v) is 3.13. The standard InChI is InChI=1S/C15H11ClN4O5S/c16-11-3-1-10(2-4-11)15-18-14(25-19-15)9-17-26(23,24)13-7-5-12(6-8-13)20(21)22/h1-8,17H,9H2. The summed E-state index contributed by atoms with van der Waals surface area (Å²) in [6.07, 6.45) is 0. The highest BCUT2D eigenvalue weighted by Crippen LogP contribution is 2.19. The zero-order chi connectivity index (χ0) is 18.7. The van der Waals surface area contributed by atoms with Crippen molar-refractivity contribution in [1.82, 2.24) is 14.9 Å². The van der Waals surface area contributed by atoms with Crippen LogP contribution in [0.2, 0.25) is 5.02 Å². The number of nitrogens with zero attached hydrogens (tertiary/aromatic N) is 3. The Morgan fingerprint density at radius 3 is 2.38 bits per heavy atom. The van der Waals surface area contributed by atoms with E-state index in [0.717, 1.165) is 24.3 Å². The van der Waals surface area contributed by atoms with Gasteiger partial charge in [-0.15, -0.1) is 0 Å². The Balaban J connectivity index is 1.70. The van der Waals surface area contributed by atoms with Crippen molar-refractivity contribution in [3.8, 4) is 11.4 Å². The van der Waals surface area contributed by atoms with Crippen molar-refractivity contribution in [2.24, 2.45) is 0 Å². The summed E-state index contributed by atoms with van der Waals surface area (Å²) in [5.41, 5.74) is 0.469. The average molecular weight is 395 g/mol. The predicted octanol–water partition coefficient (Wildman–Crippen LogP) is 2.78. The Bertz CT molecular complexity index is 1030. The van der Waals surface area contributed by atoms with Crippen LogP contribution >= 0.6 is 11.6 Å². The van der Waals surface area contributed by atoms with Gasteiger partial charge in [0.05, 0.1) is 16.4 Å². The van der Waals surface area contributed by atoms with E-state index in [1.807, 2.05) is 0 Å². The van der Waals surface area contributed by atoms with Crippen LogP contribution in [0.4, 0.5) is 5.69 Å². The molecule has 0 saturated heterocycles. The molecule has 0 saturated carbocycles.